The molecule has 0 aliphatic carbocycles. The van der Waals surface area contributed by atoms with Gasteiger partial charge in [0.1, 0.15) is 5.75 Å². The second-order valence-corrected chi connectivity index (χ2v) is 4.88. The van der Waals surface area contributed by atoms with Crippen molar-refractivity contribution in [3.63, 3.8) is 0 Å². The highest BCUT2D eigenvalue weighted by Crippen LogP contribution is 2.20. The van der Waals surface area contributed by atoms with E-state index in [2.05, 4.69) is 13.0 Å². The van der Waals surface area contributed by atoms with Gasteiger partial charge in [0.15, 0.2) is 0 Å². The summed E-state index contributed by atoms with van der Waals surface area (Å²) in [4.78, 5) is 13.8. The van der Waals surface area contributed by atoms with Crippen LogP contribution in [0.3, 0.4) is 0 Å². The first-order chi connectivity index (χ1) is 8.68. The third kappa shape index (κ3) is 3.03. The van der Waals surface area contributed by atoms with Crippen molar-refractivity contribution in [2.45, 2.75) is 33.1 Å². The van der Waals surface area contributed by atoms with E-state index >= 15 is 0 Å². The Bertz CT molecular complexity index is 423. The van der Waals surface area contributed by atoms with Crippen LogP contribution in [0.4, 0.5) is 0 Å². The lowest BCUT2D eigenvalue weighted by Gasteiger charge is -2.16. The maximum absolute atomic E-state index is 11.8. The highest BCUT2D eigenvalue weighted by Gasteiger charge is 2.17. The highest BCUT2D eigenvalue weighted by molar-refractivity contribution is 5.76. The normalized spacial score (nSPS) is 14.9. The second-order valence-electron chi connectivity index (χ2n) is 4.88. The summed E-state index contributed by atoms with van der Waals surface area (Å²) in [7, 11) is 0. The first-order valence-electron chi connectivity index (χ1n) is 6.65. The average Bonchev–Trinajstić information content (AvgIpc) is 2.88. The molecule has 1 aromatic rings. The van der Waals surface area contributed by atoms with E-state index in [9.17, 15) is 4.79 Å². The number of rotatable bonds is 4. The number of aryl methyl sites for hydroxylation is 1. The lowest BCUT2D eigenvalue weighted by Crippen LogP contribution is -2.28. The van der Waals surface area contributed by atoms with E-state index in [0.717, 1.165) is 37.2 Å². The monoisotopic (exact) mass is 247 g/mol. The van der Waals surface area contributed by atoms with Crippen molar-refractivity contribution in [3.8, 4) is 5.75 Å². The molecule has 0 bridgehead atoms. The Morgan fingerprint density at radius 2 is 2.00 bits per heavy atom. The summed E-state index contributed by atoms with van der Waals surface area (Å²) in [6, 6.07) is 6.01. The van der Waals surface area contributed by atoms with E-state index in [1.807, 2.05) is 24.0 Å². The number of ether oxygens (including phenoxy) is 1. The Hall–Kier alpha value is -1.51. The summed E-state index contributed by atoms with van der Waals surface area (Å²) in [5, 5.41) is 0. The molecule has 1 amide bonds. The minimum Gasteiger partial charge on any atom is -0.493 e. The number of hydrogen-bond donors (Lipinski definition) is 0. The minimum absolute atomic E-state index is 0.220. The summed E-state index contributed by atoms with van der Waals surface area (Å²) < 4.78 is 5.70. The standard InChI is InChI=1S/C15H21NO2/c1-12-6-5-7-14(13(12)2)18-11-8-15(17)16-9-3-4-10-16/h5-7H,3-4,8-11H2,1-2H3. The average molecular weight is 247 g/mol. The molecule has 0 spiro atoms. The fourth-order valence-corrected chi connectivity index (χ4v) is 2.25. The Balaban J connectivity index is 1.81. The lowest BCUT2D eigenvalue weighted by molar-refractivity contribution is -0.130. The third-order valence-electron chi connectivity index (χ3n) is 3.59. The second kappa shape index (κ2) is 5.89. The zero-order chi connectivity index (χ0) is 13.0. The van der Waals surface area contributed by atoms with Crippen LogP contribution in [-0.2, 0) is 4.79 Å². The topological polar surface area (TPSA) is 29.5 Å². The molecule has 1 fully saturated rings. The zero-order valence-corrected chi connectivity index (χ0v) is 11.2. The molecule has 0 saturated carbocycles. The van der Waals surface area contributed by atoms with Gasteiger partial charge in [-0.2, -0.15) is 0 Å². The molecule has 0 unspecified atom stereocenters. The summed E-state index contributed by atoms with van der Waals surface area (Å²) in [5.41, 5.74) is 2.38. The van der Waals surface area contributed by atoms with Crippen molar-refractivity contribution in [1.29, 1.82) is 0 Å². The van der Waals surface area contributed by atoms with Gasteiger partial charge in [-0.25, -0.2) is 0 Å². The summed E-state index contributed by atoms with van der Waals surface area (Å²) in [5.74, 6) is 1.11. The van der Waals surface area contributed by atoms with E-state index < -0.39 is 0 Å². The molecule has 0 N–H and O–H groups in total. The molecule has 18 heavy (non-hydrogen) atoms. The largest absolute Gasteiger partial charge is 0.493 e. The Morgan fingerprint density at radius 1 is 1.28 bits per heavy atom. The molecule has 3 nitrogen and oxygen atoms in total. The van der Waals surface area contributed by atoms with Crippen LogP contribution in [0.15, 0.2) is 18.2 Å². The Morgan fingerprint density at radius 3 is 2.72 bits per heavy atom. The van der Waals surface area contributed by atoms with Crippen molar-refractivity contribution in [1.82, 2.24) is 4.90 Å². The minimum atomic E-state index is 0.220. The van der Waals surface area contributed by atoms with E-state index in [-0.39, 0.29) is 5.91 Å². The van der Waals surface area contributed by atoms with Crippen LogP contribution >= 0.6 is 0 Å². The van der Waals surface area contributed by atoms with Crippen LogP contribution in [0, 0.1) is 13.8 Å². The van der Waals surface area contributed by atoms with Gasteiger partial charge in [-0.3, -0.25) is 4.79 Å². The summed E-state index contributed by atoms with van der Waals surface area (Å²) in [6.07, 6.45) is 2.76. The van der Waals surface area contributed by atoms with Crippen LogP contribution in [0.25, 0.3) is 0 Å². The Labute approximate surface area is 109 Å². The van der Waals surface area contributed by atoms with E-state index in [1.54, 1.807) is 0 Å². The zero-order valence-electron chi connectivity index (χ0n) is 11.2. The molecule has 0 atom stereocenters. The van der Waals surface area contributed by atoms with Gasteiger partial charge in [0.2, 0.25) is 5.91 Å². The molecule has 3 heteroatoms. The van der Waals surface area contributed by atoms with Gasteiger partial charge in [0.25, 0.3) is 0 Å². The van der Waals surface area contributed by atoms with Gasteiger partial charge < -0.3 is 9.64 Å². The maximum atomic E-state index is 11.8. The van der Waals surface area contributed by atoms with Crippen molar-refractivity contribution < 1.29 is 9.53 Å². The van der Waals surface area contributed by atoms with Crippen LogP contribution in [0.5, 0.6) is 5.75 Å². The fourth-order valence-electron chi connectivity index (χ4n) is 2.25. The van der Waals surface area contributed by atoms with Gasteiger partial charge in [0, 0.05) is 13.1 Å². The van der Waals surface area contributed by atoms with Crippen molar-refractivity contribution in [2.24, 2.45) is 0 Å². The molecule has 2 rings (SSSR count). The van der Waals surface area contributed by atoms with Crippen LogP contribution in [-0.4, -0.2) is 30.5 Å². The predicted octanol–water partition coefficient (Wildman–Crippen LogP) is 2.69. The fraction of sp³-hybridized carbons (Fsp3) is 0.533. The number of carbonyl (C=O) groups is 1. The Kier molecular flexibility index (Phi) is 4.24. The number of nitrogens with zero attached hydrogens (tertiary/aromatic N) is 1. The number of hydrogen-bond acceptors (Lipinski definition) is 2. The molecule has 0 aromatic heterocycles. The van der Waals surface area contributed by atoms with Crippen LogP contribution < -0.4 is 4.74 Å². The van der Waals surface area contributed by atoms with Gasteiger partial charge in [-0.15, -0.1) is 0 Å². The smallest absolute Gasteiger partial charge is 0.225 e. The van der Waals surface area contributed by atoms with Crippen molar-refractivity contribution in [2.75, 3.05) is 19.7 Å². The molecular formula is C15H21NO2. The first kappa shape index (κ1) is 12.9. The van der Waals surface area contributed by atoms with Gasteiger partial charge in [-0.05, 0) is 43.9 Å². The third-order valence-corrected chi connectivity index (χ3v) is 3.59. The number of benzene rings is 1. The molecule has 1 heterocycles. The van der Waals surface area contributed by atoms with E-state index in [1.165, 1.54) is 5.56 Å². The van der Waals surface area contributed by atoms with E-state index in [4.69, 9.17) is 4.74 Å². The van der Waals surface area contributed by atoms with E-state index in [0.29, 0.717) is 13.0 Å². The molecule has 1 saturated heterocycles. The van der Waals surface area contributed by atoms with Gasteiger partial charge >= 0.3 is 0 Å². The number of carbonyl (C=O) groups excluding carboxylic acids is 1. The SMILES string of the molecule is Cc1cccc(OCCC(=O)N2CCCC2)c1C. The van der Waals surface area contributed by atoms with Crippen molar-refractivity contribution in [3.05, 3.63) is 29.3 Å². The molecule has 1 aromatic carbocycles. The van der Waals surface area contributed by atoms with Gasteiger partial charge in [0.05, 0.1) is 13.0 Å². The molecule has 98 valence electrons. The summed E-state index contributed by atoms with van der Waals surface area (Å²) >= 11 is 0. The highest BCUT2D eigenvalue weighted by atomic mass is 16.5. The maximum Gasteiger partial charge on any atom is 0.225 e. The predicted molar refractivity (Wildman–Crippen MR) is 71.8 cm³/mol. The molecule has 0 radical (unpaired) electrons. The quantitative estimate of drug-likeness (QED) is 0.818. The molecular weight excluding hydrogens is 226 g/mol. The van der Waals surface area contributed by atoms with Crippen LogP contribution in [0.1, 0.15) is 30.4 Å². The van der Waals surface area contributed by atoms with Gasteiger partial charge in [-0.1, -0.05) is 12.1 Å². The number of likely N-dealkylation sites (tertiary alicyclic amines) is 1. The summed E-state index contributed by atoms with van der Waals surface area (Å²) in [6.45, 7) is 6.43. The van der Waals surface area contributed by atoms with Crippen molar-refractivity contribution >= 4 is 5.91 Å². The van der Waals surface area contributed by atoms with Crippen LogP contribution in [0.2, 0.25) is 0 Å². The number of amides is 1. The lowest BCUT2D eigenvalue weighted by atomic mass is 10.1. The molecule has 1 aliphatic heterocycles. The molecule has 1 aliphatic rings. The first-order valence-corrected chi connectivity index (χ1v) is 6.65.